The van der Waals surface area contributed by atoms with E-state index >= 15 is 0 Å². The highest BCUT2D eigenvalue weighted by molar-refractivity contribution is 6.31. The minimum atomic E-state index is -0.577. The summed E-state index contributed by atoms with van der Waals surface area (Å²) in [6, 6.07) is 7.62. The van der Waals surface area contributed by atoms with Crippen LogP contribution in [0.3, 0.4) is 0 Å². The summed E-state index contributed by atoms with van der Waals surface area (Å²) in [5, 5.41) is 3.85. The molecule has 2 rings (SSSR count). The molecular formula is C16H23ClN2O. The van der Waals surface area contributed by atoms with E-state index in [1.54, 1.807) is 0 Å². The summed E-state index contributed by atoms with van der Waals surface area (Å²) in [4.78, 5) is 14.8. The first-order valence-electron chi connectivity index (χ1n) is 7.15. The molecule has 110 valence electrons. The van der Waals surface area contributed by atoms with Gasteiger partial charge in [-0.2, -0.15) is 0 Å². The van der Waals surface area contributed by atoms with Crippen LogP contribution in [-0.4, -0.2) is 37.5 Å². The summed E-state index contributed by atoms with van der Waals surface area (Å²) in [6.07, 6.45) is 1.07. The van der Waals surface area contributed by atoms with E-state index in [4.69, 9.17) is 11.6 Å². The van der Waals surface area contributed by atoms with Crippen molar-refractivity contribution >= 4 is 17.5 Å². The topological polar surface area (TPSA) is 32.3 Å². The second kappa shape index (κ2) is 6.15. The lowest BCUT2D eigenvalue weighted by Crippen LogP contribution is -2.42. The zero-order chi connectivity index (χ0) is 14.8. The number of nitrogens with one attached hydrogen (secondary N) is 1. The molecule has 0 saturated carbocycles. The number of likely N-dealkylation sites (tertiary alicyclic amines) is 1. The molecule has 0 radical (unpaired) electrons. The molecular weight excluding hydrogens is 272 g/mol. The number of hydrogen-bond donors (Lipinski definition) is 1. The second-order valence-corrected chi connectivity index (χ2v) is 6.48. The Morgan fingerprint density at radius 3 is 2.80 bits per heavy atom. The predicted octanol–water partition coefficient (Wildman–Crippen LogP) is 2.69. The Hall–Kier alpha value is -1.06. The molecule has 1 N–H and O–H groups in total. The van der Waals surface area contributed by atoms with Crippen molar-refractivity contribution in [3.05, 3.63) is 34.9 Å². The smallest absolute Gasteiger partial charge is 0.232 e. The molecule has 1 saturated heterocycles. The molecule has 20 heavy (non-hydrogen) atoms. The molecule has 3 nitrogen and oxygen atoms in total. The quantitative estimate of drug-likeness (QED) is 0.926. The van der Waals surface area contributed by atoms with Crippen molar-refractivity contribution in [3.63, 3.8) is 0 Å². The van der Waals surface area contributed by atoms with E-state index < -0.39 is 5.41 Å². The maximum absolute atomic E-state index is 12.8. The van der Waals surface area contributed by atoms with Gasteiger partial charge < -0.3 is 10.2 Å². The van der Waals surface area contributed by atoms with Gasteiger partial charge in [0.2, 0.25) is 5.91 Å². The largest absolute Gasteiger partial charge is 0.342 e. The van der Waals surface area contributed by atoms with Crippen molar-refractivity contribution in [1.29, 1.82) is 0 Å². The van der Waals surface area contributed by atoms with E-state index in [1.165, 1.54) is 0 Å². The third-order valence-corrected chi connectivity index (χ3v) is 4.48. The van der Waals surface area contributed by atoms with Gasteiger partial charge in [0.25, 0.3) is 0 Å². The zero-order valence-electron chi connectivity index (χ0n) is 12.4. The van der Waals surface area contributed by atoms with Gasteiger partial charge in [0.05, 0.1) is 5.41 Å². The number of carbonyl (C=O) groups excluding carboxylic acids is 1. The Bertz CT molecular complexity index is 487. The normalized spacial score (nSPS) is 19.4. The number of benzene rings is 1. The van der Waals surface area contributed by atoms with Gasteiger partial charge in [-0.25, -0.2) is 0 Å². The average molecular weight is 295 g/mol. The van der Waals surface area contributed by atoms with E-state index in [9.17, 15) is 4.79 Å². The molecule has 0 bridgehead atoms. The highest BCUT2D eigenvalue weighted by atomic mass is 35.5. The molecule has 1 heterocycles. The minimum Gasteiger partial charge on any atom is -0.342 e. The third-order valence-electron chi connectivity index (χ3n) is 4.15. The number of amides is 1. The Balaban J connectivity index is 2.14. The third kappa shape index (κ3) is 2.99. The molecule has 1 aromatic carbocycles. The Morgan fingerprint density at radius 1 is 1.45 bits per heavy atom. The van der Waals surface area contributed by atoms with E-state index in [-0.39, 0.29) is 5.91 Å². The summed E-state index contributed by atoms with van der Waals surface area (Å²) < 4.78 is 0. The summed E-state index contributed by atoms with van der Waals surface area (Å²) >= 11 is 6.26. The van der Waals surface area contributed by atoms with Crippen LogP contribution in [0.5, 0.6) is 0 Å². The number of carbonyl (C=O) groups is 1. The van der Waals surface area contributed by atoms with Gasteiger partial charge in [0.1, 0.15) is 0 Å². The fraction of sp³-hybridized carbons (Fsp3) is 0.562. The molecule has 0 aliphatic carbocycles. The average Bonchev–Trinajstić information content (AvgIpc) is 2.87. The highest BCUT2D eigenvalue weighted by Gasteiger charge is 2.37. The fourth-order valence-corrected chi connectivity index (χ4v) is 3.32. The molecule has 4 heteroatoms. The van der Waals surface area contributed by atoms with Gasteiger partial charge in [-0.3, -0.25) is 4.79 Å². The number of hydrogen-bond acceptors (Lipinski definition) is 2. The van der Waals surface area contributed by atoms with Gasteiger partial charge in [0, 0.05) is 18.1 Å². The maximum atomic E-state index is 12.8. The summed E-state index contributed by atoms with van der Waals surface area (Å²) in [6.45, 7) is 6.58. The number of rotatable bonds is 4. The zero-order valence-corrected chi connectivity index (χ0v) is 13.2. The Labute approximate surface area is 126 Å². The van der Waals surface area contributed by atoms with Crippen LogP contribution in [0.4, 0.5) is 0 Å². The lowest BCUT2D eigenvalue weighted by molar-refractivity contribution is -0.135. The van der Waals surface area contributed by atoms with Crippen LogP contribution in [0.15, 0.2) is 24.3 Å². The van der Waals surface area contributed by atoms with E-state index in [0.717, 1.165) is 31.6 Å². The molecule has 1 fully saturated rings. The number of halogens is 1. The van der Waals surface area contributed by atoms with Gasteiger partial charge in [-0.05, 0) is 51.4 Å². The van der Waals surface area contributed by atoms with Gasteiger partial charge in [-0.15, -0.1) is 0 Å². The van der Waals surface area contributed by atoms with Gasteiger partial charge in [0.15, 0.2) is 0 Å². The summed E-state index contributed by atoms with van der Waals surface area (Å²) in [5.41, 5.74) is 0.330. The maximum Gasteiger partial charge on any atom is 0.232 e. The van der Waals surface area contributed by atoms with Crippen LogP contribution >= 0.6 is 11.6 Å². The number of nitrogens with zero attached hydrogens (tertiary/aromatic N) is 1. The van der Waals surface area contributed by atoms with Crippen molar-refractivity contribution in [3.8, 4) is 0 Å². The van der Waals surface area contributed by atoms with Gasteiger partial charge >= 0.3 is 0 Å². The molecule has 1 amide bonds. The first kappa shape index (κ1) is 15.3. The van der Waals surface area contributed by atoms with E-state index in [1.807, 2.05) is 50.1 Å². The first-order valence-corrected chi connectivity index (χ1v) is 7.53. The van der Waals surface area contributed by atoms with Crippen LogP contribution in [0.1, 0.15) is 25.8 Å². The van der Waals surface area contributed by atoms with Crippen molar-refractivity contribution in [2.45, 2.75) is 25.7 Å². The van der Waals surface area contributed by atoms with Crippen LogP contribution in [0.25, 0.3) is 0 Å². The predicted molar refractivity (Wildman–Crippen MR) is 83.1 cm³/mol. The molecule has 0 spiro atoms. The lowest BCUT2D eigenvalue weighted by Gasteiger charge is -2.30. The Kier molecular flexibility index (Phi) is 4.71. The van der Waals surface area contributed by atoms with Crippen LogP contribution in [-0.2, 0) is 10.2 Å². The summed E-state index contributed by atoms with van der Waals surface area (Å²) in [5.74, 6) is 0.732. The van der Waals surface area contributed by atoms with Crippen LogP contribution in [0.2, 0.25) is 5.02 Å². The highest BCUT2D eigenvalue weighted by Crippen LogP contribution is 2.33. The Morgan fingerprint density at radius 2 is 2.15 bits per heavy atom. The fourth-order valence-electron chi connectivity index (χ4n) is 2.95. The van der Waals surface area contributed by atoms with Crippen molar-refractivity contribution < 1.29 is 4.79 Å². The SMILES string of the molecule is CNC[C@@H]1CCN(C(=O)C(C)(C)c2ccccc2Cl)C1. The summed E-state index contributed by atoms with van der Waals surface area (Å²) in [7, 11) is 1.96. The molecule has 1 aliphatic rings. The lowest BCUT2D eigenvalue weighted by atomic mass is 9.83. The van der Waals surface area contributed by atoms with Crippen molar-refractivity contribution in [2.24, 2.45) is 5.92 Å². The van der Waals surface area contributed by atoms with Crippen molar-refractivity contribution in [1.82, 2.24) is 10.2 Å². The van der Waals surface area contributed by atoms with E-state index in [0.29, 0.717) is 10.9 Å². The van der Waals surface area contributed by atoms with Crippen molar-refractivity contribution in [2.75, 3.05) is 26.7 Å². The first-order chi connectivity index (χ1) is 9.46. The van der Waals surface area contributed by atoms with Gasteiger partial charge in [-0.1, -0.05) is 29.8 Å². The molecule has 1 atom stereocenters. The monoisotopic (exact) mass is 294 g/mol. The van der Waals surface area contributed by atoms with Crippen LogP contribution < -0.4 is 5.32 Å². The molecule has 0 aromatic heterocycles. The standard InChI is InChI=1S/C16H23ClN2O/c1-16(2,13-6-4-5-7-14(13)17)15(20)19-9-8-12(11-19)10-18-3/h4-7,12,18H,8-11H2,1-3H3/t12-/m0/s1. The molecule has 1 aliphatic heterocycles. The van der Waals surface area contributed by atoms with E-state index in [2.05, 4.69) is 5.32 Å². The van der Waals surface area contributed by atoms with Crippen LogP contribution in [0, 0.1) is 5.92 Å². The molecule has 0 unspecified atom stereocenters. The minimum absolute atomic E-state index is 0.171. The second-order valence-electron chi connectivity index (χ2n) is 6.07. The molecule has 1 aromatic rings.